The van der Waals surface area contributed by atoms with E-state index in [2.05, 4.69) is 25.3 Å². The lowest BCUT2D eigenvalue weighted by Gasteiger charge is -2.10. The summed E-state index contributed by atoms with van der Waals surface area (Å²) in [5, 5.41) is 0. The molecule has 3 nitrogen and oxygen atoms in total. The van der Waals surface area contributed by atoms with Crippen LogP contribution in [0, 0.1) is 0 Å². The molecule has 1 heterocycles. The summed E-state index contributed by atoms with van der Waals surface area (Å²) < 4.78 is 2.31. The van der Waals surface area contributed by atoms with Crippen molar-refractivity contribution in [1.82, 2.24) is 9.55 Å². The van der Waals surface area contributed by atoms with Gasteiger partial charge in [-0.3, -0.25) is 0 Å². The maximum Gasteiger partial charge on any atom is 0.127 e. The van der Waals surface area contributed by atoms with E-state index in [0.717, 1.165) is 17.9 Å². The Hall–Kier alpha value is -0.990. The van der Waals surface area contributed by atoms with Crippen LogP contribution in [0.25, 0.3) is 0 Å². The fourth-order valence-corrected chi connectivity index (χ4v) is 2.54. The predicted molar refractivity (Wildman–Crippen MR) is 76.8 cm³/mol. The number of rotatable bonds is 7. The normalized spacial score (nSPS) is 15.6. The second-order valence-corrected chi connectivity index (χ2v) is 5.87. The van der Waals surface area contributed by atoms with Crippen molar-refractivity contribution >= 4 is 5.82 Å². The van der Waals surface area contributed by atoms with Crippen LogP contribution in [-0.4, -0.2) is 9.55 Å². The molecule has 0 aromatic carbocycles. The van der Waals surface area contributed by atoms with Crippen molar-refractivity contribution in [1.29, 1.82) is 0 Å². The van der Waals surface area contributed by atoms with Gasteiger partial charge in [-0.2, -0.15) is 0 Å². The highest BCUT2D eigenvalue weighted by molar-refractivity contribution is 5.40. The van der Waals surface area contributed by atoms with E-state index in [0.29, 0.717) is 12.0 Å². The molecule has 0 unspecified atom stereocenters. The number of aryl methyl sites for hydroxylation is 1. The Morgan fingerprint density at radius 2 is 2.00 bits per heavy atom. The van der Waals surface area contributed by atoms with Gasteiger partial charge in [0, 0.05) is 12.0 Å². The van der Waals surface area contributed by atoms with Gasteiger partial charge in [-0.1, -0.05) is 40.0 Å². The van der Waals surface area contributed by atoms with Gasteiger partial charge in [0.15, 0.2) is 0 Å². The minimum atomic E-state index is 0.470. The van der Waals surface area contributed by atoms with E-state index >= 15 is 0 Å². The summed E-state index contributed by atoms with van der Waals surface area (Å²) in [7, 11) is 0. The molecule has 0 radical (unpaired) electrons. The zero-order chi connectivity index (χ0) is 13.1. The van der Waals surface area contributed by atoms with Gasteiger partial charge in [-0.25, -0.2) is 4.98 Å². The molecule has 1 aliphatic rings. The van der Waals surface area contributed by atoms with Gasteiger partial charge in [0.1, 0.15) is 11.6 Å². The lowest BCUT2D eigenvalue weighted by molar-refractivity contribution is 0.645. The first-order chi connectivity index (χ1) is 8.65. The molecule has 1 fully saturated rings. The largest absolute Gasteiger partial charge is 0.384 e. The highest BCUT2D eigenvalue weighted by atomic mass is 15.2. The van der Waals surface area contributed by atoms with Crippen LogP contribution < -0.4 is 5.73 Å². The van der Waals surface area contributed by atoms with Crippen molar-refractivity contribution in [2.24, 2.45) is 0 Å². The number of nitrogen functional groups attached to an aromatic ring is 1. The van der Waals surface area contributed by atoms with E-state index in [9.17, 15) is 0 Å². The first-order valence-corrected chi connectivity index (χ1v) is 7.51. The van der Waals surface area contributed by atoms with Crippen molar-refractivity contribution in [2.45, 2.75) is 77.7 Å². The van der Waals surface area contributed by atoms with Gasteiger partial charge in [0.05, 0.1) is 5.69 Å². The summed E-state index contributed by atoms with van der Waals surface area (Å²) in [5.41, 5.74) is 7.44. The predicted octanol–water partition coefficient (Wildman–Crippen LogP) is 4.05. The Bertz CT molecular complexity index is 389. The van der Waals surface area contributed by atoms with Crippen molar-refractivity contribution in [2.75, 3.05) is 5.73 Å². The van der Waals surface area contributed by atoms with Gasteiger partial charge >= 0.3 is 0 Å². The number of hydrogen-bond acceptors (Lipinski definition) is 2. The minimum absolute atomic E-state index is 0.470. The fraction of sp³-hybridized carbons (Fsp3) is 0.800. The SMILES string of the molecule is CCCCCCc1nc(C(C)C)n(C2CC2)c1N. The molecule has 0 aliphatic heterocycles. The summed E-state index contributed by atoms with van der Waals surface area (Å²) in [6, 6.07) is 0.638. The Balaban J connectivity index is 2.08. The Kier molecular flexibility index (Phi) is 4.31. The number of aromatic nitrogens is 2. The number of anilines is 1. The lowest BCUT2D eigenvalue weighted by Crippen LogP contribution is -2.06. The zero-order valence-corrected chi connectivity index (χ0v) is 12.1. The van der Waals surface area contributed by atoms with Crippen LogP contribution in [0.15, 0.2) is 0 Å². The third-order valence-electron chi connectivity index (χ3n) is 3.75. The summed E-state index contributed by atoms with van der Waals surface area (Å²) >= 11 is 0. The number of unbranched alkanes of at least 4 members (excludes halogenated alkanes) is 3. The molecule has 0 bridgehead atoms. The standard InChI is InChI=1S/C15H27N3/c1-4-5-6-7-8-13-14(16)18(12-9-10-12)15(17-13)11(2)3/h11-12H,4-10,16H2,1-3H3. The smallest absolute Gasteiger partial charge is 0.127 e. The number of nitrogens with zero attached hydrogens (tertiary/aromatic N) is 2. The highest BCUT2D eigenvalue weighted by Gasteiger charge is 2.30. The van der Waals surface area contributed by atoms with E-state index in [4.69, 9.17) is 10.7 Å². The molecular weight excluding hydrogens is 222 g/mol. The molecule has 1 aromatic heterocycles. The second kappa shape index (κ2) is 5.77. The molecular formula is C15H27N3. The molecule has 0 atom stereocenters. The maximum absolute atomic E-state index is 6.30. The summed E-state index contributed by atoms with van der Waals surface area (Å²) in [6.45, 7) is 6.66. The molecule has 2 N–H and O–H groups in total. The van der Waals surface area contributed by atoms with Crippen LogP contribution in [0.2, 0.25) is 0 Å². The van der Waals surface area contributed by atoms with E-state index in [1.54, 1.807) is 0 Å². The molecule has 2 rings (SSSR count). The fourth-order valence-electron chi connectivity index (χ4n) is 2.54. The molecule has 0 spiro atoms. The molecule has 1 saturated carbocycles. The summed E-state index contributed by atoms with van der Waals surface area (Å²) in [5.74, 6) is 2.61. The second-order valence-electron chi connectivity index (χ2n) is 5.87. The molecule has 0 amide bonds. The van der Waals surface area contributed by atoms with Gasteiger partial charge in [0.25, 0.3) is 0 Å². The van der Waals surface area contributed by atoms with E-state index in [1.807, 2.05) is 0 Å². The van der Waals surface area contributed by atoms with Crippen LogP contribution in [-0.2, 0) is 6.42 Å². The van der Waals surface area contributed by atoms with E-state index in [1.165, 1.54) is 44.3 Å². The minimum Gasteiger partial charge on any atom is -0.384 e. The number of imidazole rings is 1. The third kappa shape index (κ3) is 2.88. The Morgan fingerprint density at radius 3 is 2.56 bits per heavy atom. The van der Waals surface area contributed by atoms with Gasteiger partial charge in [-0.15, -0.1) is 0 Å². The van der Waals surface area contributed by atoms with Crippen LogP contribution in [0.1, 0.15) is 82.8 Å². The first-order valence-electron chi connectivity index (χ1n) is 7.51. The lowest BCUT2D eigenvalue weighted by atomic mass is 10.1. The molecule has 102 valence electrons. The van der Waals surface area contributed by atoms with Gasteiger partial charge < -0.3 is 10.3 Å². The van der Waals surface area contributed by atoms with Crippen molar-refractivity contribution in [3.8, 4) is 0 Å². The average molecular weight is 249 g/mol. The molecule has 18 heavy (non-hydrogen) atoms. The topological polar surface area (TPSA) is 43.8 Å². The number of hydrogen-bond donors (Lipinski definition) is 1. The monoisotopic (exact) mass is 249 g/mol. The van der Waals surface area contributed by atoms with Crippen molar-refractivity contribution < 1.29 is 0 Å². The summed E-state index contributed by atoms with van der Waals surface area (Å²) in [6.07, 6.45) is 8.71. The van der Waals surface area contributed by atoms with Gasteiger partial charge in [-0.05, 0) is 25.7 Å². The van der Waals surface area contributed by atoms with E-state index in [-0.39, 0.29) is 0 Å². The Labute approximate surface area is 111 Å². The summed E-state index contributed by atoms with van der Waals surface area (Å²) in [4.78, 5) is 4.81. The van der Waals surface area contributed by atoms with Crippen LogP contribution in [0.5, 0.6) is 0 Å². The van der Waals surface area contributed by atoms with E-state index < -0.39 is 0 Å². The van der Waals surface area contributed by atoms with Crippen LogP contribution in [0.3, 0.4) is 0 Å². The maximum atomic E-state index is 6.30. The quantitative estimate of drug-likeness (QED) is 0.741. The van der Waals surface area contributed by atoms with Crippen molar-refractivity contribution in [3.63, 3.8) is 0 Å². The highest BCUT2D eigenvalue weighted by Crippen LogP contribution is 2.40. The third-order valence-corrected chi connectivity index (χ3v) is 3.75. The molecule has 3 heteroatoms. The Morgan fingerprint density at radius 1 is 1.28 bits per heavy atom. The average Bonchev–Trinajstić information content (AvgIpc) is 3.10. The van der Waals surface area contributed by atoms with Crippen molar-refractivity contribution in [3.05, 3.63) is 11.5 Å². The molecule has 1 aromatic rings. The van der Waals surface area contributed by atoms with Crippen LogP contribution >= 0.6 is 0 Å². The first kappa shape index (κ1) is 13.4. The van der Waals surface area contributed by atoms with Crippen LogP contribution in [0.4, 0.5) is 5.82 Å². The van der Waals surface area contributed by atoms with Gasteiger partial charge in [0.2, 0.25) is 0 Å². The molecule has 1 aliphatic carbocycles. The number of nitrogens with two attached hydrogens (primary N) is 1. The zero-order valence-electron chi connectivity index (χ0n) is 12.1. The molecule has 0 saturated heterocycles.